The van der Waals surface area contributed by atoms with Crippen molar-refractivity contribution in [2.24, 2.45) is 11.5 Å². The van der Waals surface area contributed by atoms with Crippen LogP contribution in [-0.4, -0.2) is 56.5 Å². The number of aliphatic hydroxyl groups is 2. The van der Waals surface area contributed by atoms with Crippen LogP contribution in [0.5, 0.6) is 0 Å². The number of hydrogen-bond donors (Lipinski definition) is 6. The standard InChI is InChI=1S/C5H12N2O.C4H6O6/c1-2-3-4(6)5(7)8;5-1(3(7)8)2(6)4(9)10/h4H,2-3,6H2,1H3,(H2,7,8);1-2,5-6H,(H,7,8)(H,9,10). The summed E-state index contributed by atoms with van der Waals surface area (Å²) in [5.41, 5.74) is 10.1. The molecule has 0 spiro atoms. The molecule has 0 bridgehead atoms. The Balaban J connectivity index is 0. The summed E-state index contributed by atoms with van der Waals surface area (Å²) in [7, 11) is 0. The lowest BCUT2D eigenvalue weighted by molar-refractivity contribution is -0.165. The van der Waals surface area contributed by atoms with Crippen LogP contribution in [0.3, 0.4) is 0 Å². The summed E-state index contributed by atoms with van der Waals surface area (Å²) in [5, 5.41) is 32.5. The third-order valence-corrected chi connectivity index (χ3v) is 1.77. The number of hydrogen-bond acceptors (Lipinski definition) is 6. The molecular weight excluding hydrogens is 248 g/mol. The van der Waals surface area contributed by atoms with Crippen molar-refractivity contribution in [3.63, 3.8) is 0 Å². The highest BCUT2D eigenvalue weighted by atomic mass is 16.4. The van der Waals surface area contributed by atoms with Gasteiger partial charge in [-0.1, -0.05) is 13.3 Å². The molecule has 0 aromatic rings. The van der Waals surface area contributed by atoms with Gasteiger partial charge in [0.25, 0.3) is 0 Å². The van der Waals surface area contributed by atoms with Gasteiger partial charge in [0.05, 0.1) is 6.04 Å². The number of carboxylic acids is 2. The van der Waals surface area contributed by atoms with Crippen molar-refractivity contribution in [2.45, 2.75) is 38.0 Å². The second-order valence-corrected chi connectivity index (χ2v) is 3.36. The van der Waals surface area contributed by atoms with Crippen LogP contribution in [0, 0.1) is 0 Å². The second-order valence-electron chi connectivity index (χ2n) is 3.36. The molecule has 0 heterocycles. The Morgan fingerprint density at radius 2 is 1.39 bits per heavy atom. The van der Waals surface area contributed by atoms with Crippen LogP contribution in [-0.2, 0) is 14.4 Å². The van der Waals surface area contributed by atoms with Crippen molar-refractivity contribution < 1.29 is 34.8 Å². The van der Waals surface area contributed by atoms with Crippen LogP contribution in [0.4, 0.5) is 0 Å². The average Bonchev–Trinajstić information content (AvgIpc) is 2.27. The molecule has 1 amide bonds. The molecular formula is C9H18N2O7. The maximum atomic E-state index is 10.2. The fourth-order valence-electron chi connectivity index (χ4n) is 0.723. The van der Waals surface area contributed by atoms with Crippen molar-refractivity contribution >= 4 is 17.8 Å². The lowest BCUT2D eigenvalue weighted by atomic mass is 10.2. The number of rotatable bonds is 6. The summed E-state index contributed by atoms with van der Waals surface area (Å²) >= 11 is 0. The first-order valence-corrected chi connectivity index (χ1v) is 5.01. The molecule has 9 heteroatoms. The van der Waals surface area contributed by atoms with Crippen molar-refractivity contribution in [2.75, 3.05) is 0 Å². The van der Waals surface area contributed by atoms with Gasteiger partial charge in [-0.15, -0.1) is 0 Å². The van der Waals surface area contributed by atoms with Crippen LogP contribution < -0.4 is 11.5 Å². The number of aliphatic hydroxyl groups excluding tert-OH is 2. The maximum Gasteiger partial charge on any atom is 0.335 e. The Morgan fingerprint density at radius 3 is 1.50 bits per heavy atom. The van der Waals surface area contributed by atoms with Crippen molar-refractivity contribution in [1.82, 2.24) is 0 Å². The van der Waals surface area contributed by atoms with E-state index in [1.807, 2.05) is 6.92 Å². The molecule has 9 nitrogen and oxygen atoms in total. The molecule has 0 aromatic carbocycles. The number of carbonyl (C=O) groups excluding carboxylic acids is 1. The van der Waals surface area contributed by atoms with Gasteiger partial charge in [-0.25, -0.2) is 9.59 Å². The highest BCUT2D eigenvalue weighted by Gasteiger charge is 2.29. The van der Waals surface area contributed by atoms with E-state index in [9.17, 15) is 14.4 Å². The Morgan fingerprint density at radius 1 is 1.06 bits per heavy atom. The van der Waals surface area contributed by atoms with E-state index >= 15 is 0 Å². The lowest BCUT2D eigenvalue weighted by Crippen LogP contribution is -2.39. The van der Waals surface area contributed by atoms with E-state index in [1.165, 1.54) is 0 Å². The maximum absolute atomic E-state index is 10.2. The van der Waals surface area contributed by atoms with Crippen LogP contribution in [0.15, 0.2) is 0 Å². The summed E-state index contributed by atoms with van der Waals surface area (Å²) in [6.07, 6.45) is -2.94. The van der Waals surface area contributed by atoms with Gasteiger partial charge in [0.2, 0.25) is 5.91 Å². The Hall–Kier alpha value is -1.71. The number of primary amides is 1. The molecule has 3 atom stereocenters. The zero-order valence-electron chi connectivity index (χ0n) is 9.81. The fourth-order valence-corrected chi connectivity index (χ4v) is 0.723. The van der Waals surface area contributed by atoms with Gasteiger partial charge in [0.15, 0.2) is 12.2 Å². The monoisotopic (exact) mass is 266 g/mol. The van der Waals surface area contributed by atoms with Gasteiger partial charge >= 0.3 is 11.9 Å². The summed E-state index contributed by atoms with van der Waals surface area (Å²) in [6, 6.07) is -0.444. The summed E-state index contributed by atoms with van der Waals surface area (Å²) < 4.78 is 0. The van der Waals surface area contributed by atoms with E-state index in [2.05, 4.69) is 0 Å². The molecule has 0 aromatic heterocycles. The van der Waals surface area contributed by atoms with Gasteiger partial charge in [-0.2, -0.15) is 0 Å². The molecule has 0 aliphatic carbocycles. The number of carbonyl (C=O) groups is 3. The zero-order valence-corrected chi connectivity index (χ0v) is 9.81. The largest absolute Gasteiger partial charge is 0.479 e. The van der Waals surface area contributed by atoms with Crippen LogP contribution >= 0.6 is 0 Å². The zero-order chi connectivity index (χ0) is 14.9. The molecule has 3 unspecified atom stereocenters. The van der Waals surface area contributed by atoms with Gasteiger partial charge in [0.1, 0.15) is 0 Å². The molecule has 0 aliphatic rings. The predicted molar refractivity (Wildman–Crippen MR) is 59.4 cm³/mol. The summed E-state index contributed by atoms with van der Waals surface area (Å²) in [5.74, 6) is -3.95. The van der Waals surface area contributed by atoms with Crippen LogP contribution in [0.1, 0.15) is 19.8 Å². The third-order valence-electron chi connectivity index (χ3n) is 1.77. The minimum Gasteiger partial charge on any atom is -0.479 e. The van der Waals surface area contributed by atoms with E-state index in [0.29, 0.717) is 6.42 Å². The van der Waals surface area contributed by atoms with Gasteiger partial charge in [-0.05, 0) is 6.42 Å². The minimum absolute atomic E-state index is 0.410. The molecule has 0 fully saturated rings. The van der Waals surface area contributed by atoms with E-state index in [1.54, 1.807) is 0 Å². The molecule has 0 saturated carbocycles. The average molecular weight is 266 g/mol. The molecule has 0 rings (SSSR count). The molecule has 8 N–H and O–H groups in total. The van der Waals surface area contributed by atoms with E-state index in [0.717, 1.165) is 6.42 Å². The summed E-state index contributed by atoms with van der Waals surface area (Å²) in [4.78, 5) is 29.7. The number of nitrogens with two attached hydrogens (primary N) is 2. The van der Waals surface area contributed by atoms with Gasteiger partial charge in [-0.3, -0.25) is 4.79 Å². The van der Waals surface area contributed by atoms with Gasteiger partial charge in [0, 0.05) is 0 Å². The van der Waals surface area contributed by atoms with Gasteiger partial charge < -0.3 is 31.9 Å². The summed E-state index contributed by atoms with van der Waals surface area (Å²) in [6.45, 7) is 1.96. The highest BCUT2D eigenvalue weighted by molar-refractivity contribution is 5.83. The number of amides is 1. The molecule has 0 saturated heterocycles. The number of carboxylic acid groups (broad SMARTS) is 2. The minimum atomic E-state index is -2.27. The Labute approximate surface area is 103 Å². The molecule has 0 aliphatic heterocycles. The van der Waals surface area contributed by atoms with E-state index in [4.69, 9.17) is 31.9 Å². The molecule has 18 heavy (non-hydrogen) atoms. The fraction of sp³-hybridized carbons (Fsp3) is 0.667. The smallest absolute Gasteiger partial charge is 0.335 e. The molecule has 106 valence electrons. The predicted octanol–water partition coefficient (Wildman–Crippen LogP) is -2.52. The third kappa shape index (κ3) is 8.44. The second kappa shape index (κ2) is 9.33. The van der Waals surface area contributed by atoms with Crippen molar-refractivity contribution in [1.29, 1.82) is 0 Å². The van der Waals surface area contributed by atoms with Crippen LogP contribution in [0.2, 0.25) is 0 Å². The van der Waals surface area contributed by atoms with E-state index in [-0.39, 0.29) is 0 Å². The van der Waals surface area contributed by atoms with Crippen LogP contribution in [0.25, 0.3) is 0 Å². The SMILES string of the molecule is CCCC(N)C(N)=O.O=C(O)C(O)C(O)C(=O)O. The first-order valence-electron chi connectivity index (χ1n) is 5.01. The Kier molecular flexibility index (Phi) is 9.67. The molecule has 0 radical (unpaired) electrons. The quantitative estimate of drug-likeness (QED) is 0.304. The number of aliphatic carboxylic acids is 2. The van der Waals surface area contributed by atoms with Crippen molar-refractivity contribution in [3.05, 3.63) is 0 Å². The normalized spacial score (nSPS) is 14.7. The first kappa shape index (κ1) is 18.6. The first-order chi connectivity index (χ1) is 8.14. The van der Waals surface area contributed by atoms with Crippen molar-refractivity contribution in [3.8, 4) is 0 Å². The topological polar surface area (TPSA) is 184 Å². The lowest BCUT2D eigenvalue weighted by Gasteiger charge is -2.07. The highest BCUT2D eigenvalue weighted by Crippen LogP contribution is 1.92. The Bertz CT molecular complexity index is 277. The van der Waals surface area contributed by atoms with E-state index < -0.39 is 36.1 Å².